The summed E-state index contributed by atoms with van der Waals surface area (Å²) in [5.74, 6) is -0.0878. The maximum atomic E-state index is 12.3. The lowest BCUT2D eigenvalue weighted by Crippen LogP contribution is -2.27. The van der Waals surface area contributed by atoms with Crippen LogP contribution in [0.2, 0.25) is 0 Å². The lowest BCUT2D eigenvalue weighted by molar-refractivity contribution is 0.0756. The van der Waals surface area contributed by atoms with Gasteiger partial charge in [-0.3, -0.25) is 9.20 Å². The minimum atomic E-state index is -0.0878. The highest BCUT2D eigenvalue weighted by molar-refractivity contribution is 5.94. The Morgan fingerprint density at radius 2 is 2.14 bits per heavy atom. The van der Waals surface area contributed by atoms with Crippen molar-refractivity contribution in [1.29, 1.82) is 0 Å². The molecular formula is C16H23N3O2. The molecule has 0 aliphatic carbocycles. The van der Waals surface area contributed by atoms with E-state index in [9.17, 15) is 4.79 Å². The van der Waals surface area contributed by atoms with Gasteiger partial charge >= 0.3 is 0 Å². The van der Waals surface area contributed by atoms with Crippen molar-refractivity contribution in [2.75, 3.05) is 13.2 Å². The predicted molar refractivity (Wildman–Crippen MR) is 82.7 cm³/mol. The predicted octanol–water partition coefficient (Wildman–Crippen LogP) is 2.50. The Balaban J connectivity index is 2.02. The van der Waals surface area contributed by atoms with Crippen LogP contribution in [0.4, 0.5) is 0 Å². The summed E-state index contributed by atoms with van der Waals surface area (Å²) in [6, 6.07) is 3.92. The number of hydrogen-bond donors (Lipinski definition) is 1. The molecule has 2 aromatic rings. The third-order valence-corrected chi connectivity index (χ3v) is 3.21. The van der Waals surface area contributed by atoms with Crippen LogP contribution >= 0.6 is 0 Å². The Bertz CT molecular complexity index is 632. The number of carbonyl (C=O) groups excluding carboxylic acids is 1. The first-order valence-electron chi connectivity index (χ1n) is 7.34. The number of nitrogens with zero attached hydrogens (tertiary/aromatic N) is 2. The van der Waals surface area contributed by atoms with E-state index in [4.69, 9.17) is 4.74 Å². The summed E-state index contributed by atoms with van der Waals surface area (Å²) in [7, 11) is 0. The summed E-state index contributed by atoms with van der Waals surface area (Å²) in [5, 5.41) is 2.93. The van der Waals surface area contributed by atoms with Gasteiger partial charge in [0.05, 0.1) is 11.8 Å². The van der Waals surface area contributed by atoms with Crippen LogP contribution in [-0.4, -0.2) is 34.5 Å². The maximum absolute atomic E-state index is 12.3. The molecule has 0 radical (unpaired) electrons. The van der Waals surface area contributed by atoms with Crippen molar-refractivity contribution in [3.8, 4) is 0 Å². The quantitative estimate of drug-likeness (QED) is 0.831. The number of pyridine rings is 1. The van der Waals surface area contributed by atoms with Crippen molar-refractivity contribution in [1.82, 2.24) is 14.7 Å². The Kier molecular flexibility index (Phi) is 4.96. The average Bonchev–Trinajstić information content (AvgIpc) is 2.73. The lowest BCUT2D eigenvalue weighted by atomic mass is 10.3. The van der Waals surface area contributed by atoms with E-state index in [0.29, 0.717) is 18.8 Å². The number of fused-ring (bicyclic) bond motifs is 1. The summed E-state index contributed by atoms with van der Waals surface area (Å²) in [6.07, 6.45) is 2.97. The van der Waals surface area contributed by atoms with E-state index >= 15 is 0 Å². The summed E-state index contributed by atoms with van der Waals surface area (Å²) < 4.78 is 7.31. The monoisotopic (exact) mass is 289 g/mol. The second-order valence-corrected chi connectivity index (χ2v) is 5.51. The third kappa shape index (κ3) is 3.82. The van der Waals surface area contributed by atoms with Crippen LogP contribution in [0.3, 0.4) is 0 Å². The summed E-state index contributed by atoms with van der Waals surface area (Å²) in [5.41, 5.74) is 3.25. The van der Waals surface area contributed by atoms with Gasteiger partial charge in [-0.15, -0.1) is 0 Å². The molecule has 1 N–H and O–H groups in total. The summed E-state index contributed by atoms with van der Waals surface area (Å²) in [4.78, 5) is 16.8. The van der Waals surface area contributed by atoms with Gasteiger partial charge in [0.1, 0.15) is 11.3 Å². The average molecular weight is 289 g/mol. The second-order valence-electron chi connectivity index (χ2n) is 5.51. The highest BCUT2D eigenvalue weighted by Crippen LogP contribution is 2.13. The number of aryl methyl sites for hydroxylation is 2. The molecule has 0 unspecified atom stereocenters. The number of rotatable bonds is 6. The molecule has 0 saturated carbocycles. The number of amides is 1. The van der Waals surface area contributed by atoms with Gasteiger partial charge in [-0.25, -0.2) is 4.98 Å². The molecule has 0 aliphatic rings. The molecule has 0 aromatic carbocycles. The van der Waals surface area contributed by atoms with Gasteiger partial charge in [-0.2, -0.15) is 0 Å². The van der Waals surface area contributed by atoms with E-state index in [1.807, 2.05) is 50.4 Å². The van der Waals surface area contributed by atoms with Gasteiger partial charge in [-0.05, 0) is 45.7 Å². The maximum Gasteiger partial charge on any atom is 0.270 e. The zero-order chi connectivity index (χ0) is 15.4. The molecule has 1 amide bonds. The zero-order valence-corrected chi connectivity index (χ0v) is 13.1. The molecule has 0 bridgehead atoms. The fraction of sp³-hybridized carbons (Fsp3) is 0.500. The van der Waals surface area contributed by atoms with Crippen molar-refractivity contribution < 1.29 is 9.53 Å². The fourth-order valence-corrected chi connectivity index (χ4v) is 2.22. The molecule has 2 heterocycles. The van der Waals surface area contributed by atoms with Crippen molar-refractivity contribution in [3.63, 3.8) is 0 Å². The number of carbonyl (C=O) groups is 1. The normalized spacial score (nSPS) is 11.3. The molecule has 0 aliphatic heterocycles. The van der Waals surface area contributed by atoms with Crippen LogP contribution in [-0.2, 0) is 4.74 Å². The highest BCUT2D eigenvalue weighted by Gasteiger charge is 2.15. The Morgan fingerprint density at radius 3 is 2.86 bits per heavy atom. The van der Waals surface area contributed by atoms with Crippen LogP contribution < -0.4 is 5.32 Å². The first-order chi connectivity index (χ1) is 9.99. The molecule has 5 nitrogen and oxygen atoms in total. The minimum absolute atomic E-state index is 0.0878. The van der Waals surface area contributed by atoms with Crippen LogP contribution in [0.25, 0.3) is 5.65 Å². The van der Waals surface area contributed by atoms with Crippen LogP contribution in [0.5, 0.6) is 0 Å². The first-order valence-corrected chi connectivity index (χ1v) is 7.34. The SMILES string of the molecule is Cc1ccc2nc(C)c(C(=O)NCCCOC(C)C)n2c1. The number of imidazole rings is 1. The van der Waals surface area contributed by atoms with E-state index in [0.717, 1.165) is 23.3 Å². The van der Waals surface area contributed by atoms with Gasteiger partial charge in [0.2, 0.25) is 0 Å². The molecule has 114 valence electrons. The molecule has 2 rings (SSSR count). The van der Waals surface area contributed by atoms with E-state index in [-0.39, 0.29) is 12.0 Å². The molecule has 21 heavy (non-hydrogen) atoms. The van der Waals surface area contributed by atoms with E-state index < -0.39 is 0 Å². The Hall–Kier alpha value is -1.88. The van der Waals surface area contributed by atoms with Crippen LogP contribution in [0.1, 0.15) is 42.0 Å². The minimum Gasteiger partial charge on any atom is -0.379 e. The van der Waals surface area contributed by atoms with Gasteiger partial charge < -0.3 is 10.1 Å². The zero-order valence-electron chi connectivity index (χ0n) is 13.1. The first kappa shape index (κ1) is 15.5. The number of ether oxygens (including phenoxy) is 1. The topological polar surface area (TPSA) is 55.6 Å². The van der Waals surface area contributed by atoms with Crippen LogP contribution in [0.15, 0.2) is 18.3 Å². The van der Waals surface area contributed by atoms with Crippen molar-refractivity contribution >= 4 is 11.6 Å². The van der Waals surface area contributed by atoms with E-state index in [2.05, 4.69) is 10.3 Å². The lowest BCUT2D eigenvalue weighted by Gasteiger charge is -2.08. The van der Waals surface area contributed by atoms with E-state index in [1.54, 1.807) is 0 Å². The Labute approximate surface area is 125 Å². The van der Waals surface area contributed by atoms with Crippen molar-refractivity contribution in [3.05, 3.63) is 35.3 Å². The fourth-order valence-electron chi connectivity index (χ4n) is 2.22. The molecular weight excluding hydrogens is 266 g/mol. The molecule has 0 atom stereocenters. The smallest absolute Gasteiger partial charge is 0.270 e. The van der Waals surface area contributed by atoms with Gasteiger partial charge in [0, 0.05) is 19.3 Å². The summed E-state index contributed by atoms with van der Waals surface area (Å²) >= 11 is 0. The molecule has 5 heteroatoms. The second kappa shape index (κ2) is 6.72. The van der Waals surface area contributed by atoms with Gasteiger partial charge in [-0.1, -0.05) is 6.07 Å². The number of hydrogen-bond acceptors (Lipinski definition) is 3. The van der Waals surface area contributed by atoms with Crippen LogP contribution in [0, 0.1) is 13.8 Å². The van der Waals surface area contributed by atoms with E-state index in [1.165, 1.54) is 0 Å². The molecule has 2 aromatic heterocycles. The highest BCUT2D eigenvalue weighted by atomic mass is 16.5. The number of nitrogens with one attached hydrogen (secondary N) is 1. The number of aromatic nitrogens is 2. The standard InChI is InChI=1S/C16H23N3O2/c1-11(2)21-9-5-8-17-16(20)15-13(4)18-14-7-6-12(3)10-19(14)15/h6-7,10-11H,5,8-9H2,1-4H3,(H,17,20). The summed E-state index contributed by atoms with van der Waals surface area (Å²) in [6.45, 7) is 9.12. The van der Waals surface area contributed by atoms with Gasteiger partial charge in [0.25, 0.3) is 5.91 Å². The Morgan fingerprint density at radius 1 is 1.38 bits per heavy atom. The van der Waals surface area contributed by atoms with Crippen molar-refractivity contribution in [2.45, 2.75) is 40.2 Å². The van der Waals surface area contributed by atoms with Gasteiger partial charge in [0.15, 0.2) is 0 Å². The molecule has 0 fully saturated rings. The van der Waals surface area contributed by atoms with Crippen molar-refractivity contribution in [2.24, 2.45) is 0 Å². The molecule has 0 spiro atoms. The largest absolute Gasteiger partial charge is 0.379 e. The third-order valence-electron chi connectivity index (χ3n) is 3.21. The molecule has 0 saturated heterocycles.